The number of anilines is 1. The van der Waals surface area contributed by atoms with Crippen molar-refractivity contribution in [2.24, 2.45) is 0 Å². The van der Waals surface area contributed by atoms with Crippen molar-refractivity contribution in [2.45, 2.75) is 0 Å². The van der Waals surface area contributed by atoms with Gasteiger partial charge in [0, 0.05) is 46.4 Å². The second-order valence-electron chi connectivity index (χ2n) is 5.19. The summed E-state index contributed by atoms with van der Waals surface area (Å²) in [5, 5.41) is 1.97. The lowest BCUT2D eigenvalue weighted by Crippen LogP contribution is -2.07. The molecule has 0 radical (unpaired) electrons. The molecule has 0 spiro atoms. The Morgan fingerprint density at radius 2 is 2.12 bits per heavy atom. The Balaban J connectivity index is 1.68. The Labute approximate surface area is 170 Å². The van der Waals surface area contributed by atoms with Gasteiger partial charge < -0.3 is 13.8 Å². The van der Waals surface area contributed by atoms with Crippen molar-refractivity contribution in [3.63, 3.8) is 0 Å². The van der Waals surface area contributed by atoms with E-state index in [0.717, 1.165) is 31.0 Å². The Bertz CT molecular complexity index is 863. The van der Waals surface area contributed by atoms with Crippen molar-refractivity contribution in [3.05, 3.63) is 34.3 Å². The Hall–Kier alpha value is -0.880. The van der Waals surface area contributed by atoms with Crippen LogP contribution in [-0.2, 0) is 4.18 Å². The van der Waals surface area contributed by atoms with Gasteiger partial charge in [0.2, 0.25) is 0 Å². The van der Waals surface area contributed by atoms with Gasteiger partial charge in [0.1, 0.15) is 17.4 Å². The van der Waals surface area contributed by atoms with E-state index in [2.05, 4.69) is 37.2 Å². The normalized spacial score (nSPS) is 11.5. The maximum atomic E-state index is 5.69. The highest BCUT2D eigenvalue weighted by molar-refractivity contribution is 14.2. The first-order chi connectivity index (χ1) is 12.2. The van der Waals surface area contributed by atoms with Crippen molar-refractivity contribution in [2.75, 3.05) is 32.2 Å². The molecule has 0 fully saturated rings. The molecule has 0 amide bonds. The zero-order valence-corrected chi connectivity index (χ0v) is 18.2. The van der Waals surface area contributed by atoms with Crippen LogP contribution < -0.4 is 9.64 Å². The molecule has 132 valence electrons. The summed E-state index contributed by atoms with van der Waals surface area (Å²) in [6, 6.07) is 5.96. The number of hydrogen-bond acceptors (Lipinski definition) is 8. The smallest absolute Gasteiger partial charge is 0.185 e. The molecule has 0 unspecified atom stereocenters. The highest BCUT2D eigenvalue weighted by Crippen LogP contribution is 2.28. The highest BCUT2D eigenvalue weighted by atomic mass is 127. The third-order valence-electron chi connectivity index (χ3n) is 3.14. The molecule has 3 rings (SSSR count). The molecule has 0 saturated carbocycles. The Morgan fingerprint density at radius 3 is 2.88 bits per heavy atom. The zero-order valence-electron chi connectivity index (χ0n) is 13.6. The summed E-state index contributed by atoms with van der Waals surface area (Å²) >= 11 is 5.39. The summed E-state index contributed by atoms with van der Waals surface area (Å²) in [5.74, 6) is 0.840. The minimum absolute atomic E-state index is 0.534. The van der Waals surface area contributed by atoms with E-state index in [1.165, 1.54) is 9.21 Å². The quantitative estimate of drug-likeness (QED) is 0.233. The van der Waals surface area contributed by atoms with Gasteiger partial charge in [0.05, 0.1) is 26.0 Å². The lowest BCUT2D eigenvalue weighted by atomic mass is 10.3. The molecule has 0 N–H and O–H groups in total. The van der Waals surface area contributed by atoms with E-state index in [-0.39, 0.29) is 0 Å². The van der Waals surface area contributed by atoms with E-state index in [0.29, 0.717) is 13.2 Å². The molecule has 0 bridgehead atoms. The number of ether oxygens (including phenoxy) is 1. The maximum Gasteiger partial charge on any atom is 0.185 e. The number of aromatic nitrogens is 2. The molecule has 0 saturated heterocycles. The molecule has 2 aromatic heterocycles. The standard InChI is InChI=1S/C16H16IN3O2S3/c1-20(2)16-18-10-12(23-16)4-6-15-19-13-5-3-11(9-14(13)24-15)21-7-8-22-25-17/h3-6,9-10H,7-8H2,1-2H3/b6-4+. The van der Waals surface area contributed by atoms with Gasteiger partial charge in [-0.2, -0.15) is 0 Å². The van der Waals surface area contributed by atoms with Crippen LogP contribution in [0.3, 0.4) is 0 Å². The van der Waals surface area contributed by atoms with Crippen molar-refractivity contribution >= 4 is 80.6 Å². The number of hydrogen-bond donors (Lipinski definition) is 0. The monoisotopic (exact) mass is 505 g/mol. The molecule has 0 atom stereocenters. The van der Waals surface area contributed by atoms with Gasteiger partial charge >= 0.3 is 0 Å². The number of halogens is 1. The van der Waals surface area contributed by atoms with Crippen LogP contribution in [0.4, 0.5) is 5.13 Å². The third kappa shape index (κ3) is 5.30. The maximum absolute atomic E-state index is 5.69. The molecule has 25 heavy (non-hydrogen) atoms. The van der Waals surface area contributed by atoms with Crippen LogP contribution in [-0.4, -0.2) is 37.3 Å². The van der Waals surface area contributed by atoms with E-state index in [9.17, 15) is 0 Å². The van der Waals surface area contributed by atoms with Crippen LogP contribution in [0.15, 0.2) is 24.4 Å². The number of rotatable bonds is 8. The first-order valence-electron chi connectivity index (χ1n) is 7.40. The largest absolute Gasteiger partial charge is 0.491 e. The van der Waals surface area contributed by atoms with Crippen molar-refractivity contribution in [1.29, 1.82) is 0 Å². The molecule has 0 aliphatic carbocycles. The predicted octanol–water partition coefficient (Wildman–Crippen LogP) is 5.38. The highest BCUT2D eigenvalue weighted by Gasteiger charge is 2.05. The molecule has 9 heteroatoms. The Kier molecular flexibility index (Phi) is 6.93. The van der Waals surface area contributed by atoms with Gasteiger partial charge in [-0.15, -0.1) is 11.3 Å². The lowest BCUT2D eigenvalue weighted by Gasteiger charge is -2.04. The SMILES string of the molecule is CN(C)c1ncc(/C=C/c2nc3ccc(OCCOSI)cc3s2)s1. The second-order valence-corrected chi connectivity index (χ2v) is 8.73. The van der Waals surface area contributed by atoms with E-state index in [1.54, 1.807) is 22.7 Å². The summed E-state index contributed by atoms with van der Waals surface area (Å²) in [6.07, 6.45) is 5.97. The van der Waals surface area contributed by atoms with Crippen LogP contribution in [0.1, 0.15) is 9.88 Å². The summed E-state index contributed by atoms with van der Waals surface area (Å²) in [6.45, 7) is 1.10. The summed E-state index contributed by atoms with van der Waals surface area (Å²) in [5.41, 5.74) is 0.981. The third-order valence-corrected chi connectivity index (χ3v) is 6.27. The van der Waals surface area contributed by atoms with Gasteiger partial charge in [-0.05, 0) is 30.4 Å². The van der Waals surface area contributed by atoms with Crippen LogP contribution >= 0.6 is 53.1 Å². The van der Waals surface area contributed by atoms with Crippen molar-refractivity contribution in [3.8, 4) is 5.75 Å². The Morgan fingerprint density at radius 1 is 1.24 bits per heavy atom. The van der Waals surface area contributed by atoms with E-state index >= 15 is 0 Å². The molecule has 2 heterocycles. The van der Waals surface area contributed by atoms with E-state index < -0.39 is 0 Å². The van der Waals surface area contributed by atoms with Crippen LogP contribution in [0.2, 0.25) is 0 Å². The minimum Gasteiger partial charge on any atom is -0.491 e. The summed E-state index contributed by atoms with van der Waals surface area (Å²) < 4.78 is 12.0. The number of nitrogens with zero attached hydrogens (tertiary/aromatic N) is 3. The summed E-state index contributed by atoms with van der Waals surface area (Å²) in [7, 11) is 5.30. The van der Waals surface area contributed by atoms with Gasteiger partial charge in [-0.3, -0.25) is 0 Å². The number of fused-ring (bicyclic) bond motifs is 1. The van der Waals surface area contributed by atoms with Gasteiger partial charge in [-0.1, -0.05) is 11.3 Å². The fourth-order valence-corrected chi connectivity index (χ4v) is 4.33. The fraction of sp³-hybridized carbons (Fsp3) is 0.250. The van der Waals surface area contributed by atoms with Crippen LogP contribution in [0.5, 0.6) is 5.75 Å². The van der Waals surface area contributed by atoms with Gasteiger partial charge in [-0.25, -0.2) is 9.97 Å². The number of benzene rings is 1. The van der Waals surface area contributed by atoms with Crippen LogP contribution in [0.25, 0.3) is 22.4 Å². The van der Waals surface area contributed by atoms with Crippen LogP contribution in [0, 0.1) is 0 Å². The first kappa shape index (κ1) is 18.9. The predicted molar refractivity (Wildman–Crippen MR) is 118 cm³/mol. The molecular formula is C16H16IN3O2S3. The lowest BCUT2D eigenvalue weighted by molar-refractivity contribution is 0.241. The van der Waals surface area contributed by atoms with Crippen molar-refractivity contribution in [1.82, 2.24) is 9.97 Å². The summed E-state index contributed by atoms with van der Waals surface area (Å²) in [4.78, 5) is 12.1. The molecule has 3 aromatic rings. The fourth-order valence-electron chi connectivity index (χ4n) is 2.02. The van der Waals surface area contributed by atoms with Crippen molar-refractivity contribution < 1.29 is 8.92 Å². The minimum atomic E-state index is 0.534. The van der Waals surface area contributed by atoms with E-state index in [1.807, 2.05) is 49.5 Å². The molecular weight excluding hydrogens is 489 g/mol. The molecule has 0 aliphatic heterocycles. The topological polar surface area (TPSA) is 47.5 Å². The zero-order chi connectivity index (χ0) is 17.6. The van der Waals surface area contributed by atoms with Gasteiger partial charge in [0.25, 0.3) is 0 Å². The average Bonchev–Trinajstić information content (AvgIpc) is 3.23. The van der Waals surface area contributed by atoms with E-state index in [4.69, 9.17) is 8.92 Å². The molecule has 0 aliphatic rings. The molecule has 5 nitrogen and oxygen atoms in total. The average molecular weight is 505 g/mol. The van der Waals surface area contributed by atoms with Gasteiger partial charge in [0.15, 0.2) is 5.13 Å². The first-order valence-corrected chi connectivity index (χ1v) is 12.3. The molecule has 1 aromatic carbocycles. The second kappa shape index (κ2) is 9.17. The number of thiazole rings is 2.